The quantitative estimate of drug-likeness (QED) is 0.198. The van der Waals surface area contributed by atoms with Crippen LogP contribution in [-0.2, 0) is 19.9 Å². The van der Waals surface area contributed by atoms with Crippen molar-refractivity contribution in [1.29, 1.82) is 0 Å². The Morgan fingerprint density at radius 3 is 1.94 bits per heavy atom. The zero-order chi connectivity index (χ0) is 25.1. The average Bonchev–Trinajstić information content (AvgIpc) is 3.31. The van der Waals surface area contributed by atoms with Crippen molar-refractivity contribution in [2.24, 2.45) is 5.92 Å². The Balaban J connectivity index is 1.82. The fraction of sp³-hybridized carbons (Fsp3) is 0.161. The molecule has 5 heteroatoms. The molecule has 1 saturated heterocycles. The number of Topliss-reactive ketones (excluding diaryl/α,β-unsaturated/α-hetero) is 1. The lowest BCUT2D eigenvalue weighted by atomic mass is 9.69. The van der Waals surface area contributed by atoms with E-state index in [9.17, 15) is 9.59 Å². The Labute approximate surface area is 219 Å². The van der Waals surface area contributed by atoms with Crippen LogP contribution in [0.3, 0.4) is 0 Å². The third kappa shape index (κ3) is 4.19. The molecule has 0 bridgehead atoms. The number of ketones is 1. The molecule has 4 aromatic carbocycles. The second-order valence-corrected chi connectivity index (χ2v) is 9.75. The predicted molar refractivity (Wildman–Crippen MR) is 142 cm³/mol. The SMILES string of the molecule is COC(=O)[C@]1(c2cccc(Br)c2)O[C@H](c2ccccc2)[C@@H](C(=O)c2ccccc2)[C@@H]1c1ccccc1. The van der Waals surface area contributed by atoms with Gasteiger partial charge in [0.2, 0.25) is 0 Å². The molecular formula is C31H25BrO4. The summed E-state index contributed by atoms with van der Waals surface area (Å²) < 4.78 is 13.0. The van der Waals surface area contributed by atoms with Gasteiger partial charge in [0.25, 0.3) is 0 Å². The van der Waals surface area contributed by atoms with Crippen molar-refractivity contribution < 1.29 is 19.1 Å². The van der Waals surface area contributed by atoms with Gasteiger partial charge >= 0.3 is 5.97 Å². The summed E-state index contributed by atoms with van der Waals surface area (Å²) in [6, 6.07) is 35.9. The number of benzene rings is 4. The highest BCUT2D eigenvalue weighted by Gasteiger charge is 2.63. The number of carbonyl (C=O) groups is 2. The van der Waals surface area contributed by atoms with E-state index in [2.05, 4.69) is 15.9 Å². The summed E-state index contributed by atoms with van der Waals surface area (Å²) in [5.74, 6) is -1.95. The molecule has 1 aliphatic rings. The van der Waals surface area contributed by atoms with Crippen LogP contribution < -0.4 is 0 Å². The highest BCUT2D eigenvalue weighted by Crippen LogP contribution is 2.59. The van der Waals surface area contributed by atoms with Gasteiger partial charge in [-0.25, -0.2) is 4.79 Å². The Morgan fingerprint density at radius 1 is 0.778 bits per heavy atom. The van der Waals surface area contributed by atoms with Crippen LogP contribution >= 0.6 is 15.9 Å². The van der Waals surface area contributed by atoms with E-state index < -0.39 is 29.5 Å². The molecular weight excluding hydrogens is 516 g/mol. The van der Waals surface area contributed by atoms with E-state index in [1.54, 1.807) is 0 Å². The smallest absolute Gasteiger partial charge is 0.343 e. The summed E-state index contributed by atoms with van der Waals surface area (Å²) in [5, 5.41) is 0. The molecule has 1 heterocycles. The van der Waals surface area contributed by atoms with Crippen LogP contribution in [0.2, 0.25) is 0 Å². The predicted octanol–water partition coefficient (Wildman–Crippen LogP) is 6.87. The van der Waals surface area contributed by atoms with Crippen molar-refractivity contribution in [2.75, 3.05) is 7.11 Å². The van der Waals surface area contributed by atoms with Crippen molar-refractivity contribution in [1.82, 2.24) is 0 Å². The minimum Gasteiger partial charge on any atom is -0.467 e. The van der Waals surface area contributed by atoms with E-state index in [1.165, 1.54) is 7.11 Å². The van der Waals surface area contributed by atoms with E-state index in [-0.39, 0.29) is 5.78 Å². The maximum Gasteiger partial charge on any atom is 0.343 e. The van der Waals surface area contributed by atoms with Crippen molar-refractivity contribution in [3.8, 4) is 0 Å². The average molecular weight is 541 g/mol. The standard InChI is InChI=1S/C31H25BrO4/c1-35-30(34)31(24-18-11-19-25(32)20-24)27(21-12-5-2-6-13-21)26(28(33)22-14-7-3-8-15-22)29(36-31)23-16-9-4-10-17-23/h2-20,26-27,29H,1H3/t26-,27+,29-,31-/m1/s1. The zero-order valence-corrected chi connectivity index (χ0v) is 21.3. The Bertz CT molecular complexity index is 1360. The van der Waals surface area contributed by atoms with Gasteiger partial charge in [-0.3, -0.25) is 4.79 Å². The van der Waals surface area contributed by atoms with Crippen LogP contribution in [0.1, 0.15) is 39.1 Å². The van der Waals surface area contributed by atoms with Gasteiger partial charge < -0.3 is 9.47 Å². The van der Waals surface area contributed by atoms with Crippen LogP contribution in [0, 0.1) is 5.92 Å². The molecule has 4 atom stereocenters. The first-order chi connectivity index (χ1) is 17.6. The molecule has 5 rings (SSSR count). The first-order valence-electron chi connectivity index (χ1n) is 11.8. The molecule has 0 aromatic heterocycles. The Morgan fingerprint density at radius 2 is 1.36 bits per heavy atom. The van der Waals surface area contributed by atoms with E-state index in [1.807, 2.05) is 115 Å². The zero-order valence-electron chi connectivity index (χ0n) is 19.7. The second-order valence-electron chi connectivity index (χ2n) is 8.83. The van der Waals surface area contributed by atoms with E-state index >= 15 is 0 Å². The topological polar surface area (TPSA) is 52.6 Å². The van der Waals surface area contributed by atoms with Crippen LogP contribution in [0.4, 0.5) is 0 Å². The summed E-state index contributed by atoms with van der Waals surface area (Å²) in [6.07, 6.45) is -0.679. The molecule has 0 unspecified atom stereocenters. The number of methoxy groups -OCH3 is 1. The largest absolute Gasteiger partial charge is 0.467 e. The highest BCUT2D eigenvalue weighted by molar-refractivity contribution is 9.10. The molecule has 4 aromatic rings. The molecule has 0 N–H and O–H groups in total. The minimum atomic E-state index is -1.55. The molecule has 36 heavy (non-hydrogen) atoms. The van der Waals surface area contributed by atoms with Crippen LogP contribution in [0.25, 0.3) is 0 Å². The fourth-order valence-corrected chi connectivity index (χ4v) is 5.69. The van der Waals surface area contributed by atoms with E-state index in [0.717, 1.165) is 15.6 Å². The van der Waals surface area contributed by atoms with Gasteiger partial charge in [0, 0.05) is 16.0 Å². The molecule has 4 nitrogen and oxygen atoms in total. The van der Waals surface area contributed by atoms with E-state index in [0.29, 0.717) is 11.1 Å². The van der Waals surface area contributed by atoms with Gasteiger partial charge in [-0.1, -0.05) is 119 Å². The lowest BCUT2D eigenvalue weighted by Gasteiger charge is -2.34. The van der Waals surface area contributed by atoms with Gasteiger partial charge in [0.15, 0.2) is 11.4 Å². The number of hydrogen-bond donors (Lipinski definition) is 0. The number of hydrogen-bond acceptors (Lipinski definition) is 4. The number of halogens is 1. The summed E-state index contributed by atoms with van der Waals surface area (Å²) >= 11 is 3.55. The number of rotatable bonds is 6. The second kappa shape index (κ2) is 10.2. The molecule has 180 valence electrons. The summed E-state index contributed by atoms with van der Waals surface area (Å²) in [7, 11) is 1.36. The Kier molecular flexibility index (Phi) is 6.86. The van der Waals surface area contributed by atoms with Gasteiger partial charge in [-0.05, 0) is 28.8 Å². The van der Waals surface area contributed by atoms with Gasteiger partial charge in [0.05, 0.1) is 19.1 Å². The van der Waals surface area contributed by atoms with Crippen LogP contribution in [-0.4, -0.2) is 18.9 Å². The van der Waals surface area contributed by atoms with Gasteiger partial charge in [0.1, 0.15) is 0 Å². The summed E-state index contributed by atoms with van der Waals surface area (Å²) in [5.41, 5.74) is 1.31. The van der Waals surface area contributed by atoms with Crippen molar-refractivity contribution in [3.05, 3.63) is 142 Å². The van der Waals surface area contributed by atoms with E-state index in [4.69, 9.17) is 9.47 Å². The lowest BCUT2D eigenvalue weighted by molar-refractivity contribution is -0.171. The highest BCUT2D eigenvalue weighted by atomic mass is 79.9. The molecule has 0 spiro atoms. The minimum absolute atomic E-state index is 0.0842. The number of ether oxygens (including phenoxy) is 2. The number of carbonyl (C=O) groups excluding carboxylic acids is 2. The molecule has 1 fully saturated rings. The third-order valence-corrected chi connectivity index (χ3v) is 7.32. The lowest BCUT2D eigenvalue weighted by Crippen LogP contribution is -2.42. The first-order valence-corrected chi connectivity index (χ1v) is 12.6. The molecule has 1 aliphatic heterocycles. The monoisotopic (exact) mass is 540 g/mol. The number of esters is 1. The summed E-state index contributed by atoms with van der Waals surface area (Å²) in [4.78, 5) is 28.1. The normalized spacial score (nSPS) is 23.2. The first kappa shape index (κ1) is 24.2. The van der Waals surface area contributed by atoms with Crippen molar-refractivity contribution in [3.63, 3.8) is 0 Å². The van der Waals surface area contributed by atoms with Gasteiger partial charge in [-0.15, -0.1) is 0 Å². The van der Waals surface area contributed by atoms with Gasteiger partial charge in [-0.2, -0.15) is 0 Å². The van der Waals surface area contributed by atoms with Crippen molar-refractivity contribution >= 4 is 27.7 Å². The van der Waals surface area contributed by atoms with Crippen LogP contribution in [0.15, 0.2) is 120 Å². The molecule has 0 radical (unpaired) electrons. The molecule has 0 saturated carbocycles. The van der Waals surface area contributed by atoms with Crippen molar-refractivity contribution in [2.45, 2.75) is 17.6 Å². The fourth-order valence-electron chi connectivity index (χ4n) is 5.29. The maximum absolute atomic E-state index is 14.3. The molecule has 0 aliphatic carbocycles. The summed E-state index contributed by atoms with van der Waals surface area (Å²) in [6.45, 7) is 0. The Hall–Kier alpha value is -3.54. The maximum atomic E-state index is 14.3. The third-order valence-electron chi connectivity index (χ3n) is 6.83. The molecule has 0 amide bonds. The van der Waals surface area contributed by atoms with Crippen LogP contribution in [0.5, 0.6) is 0 Å².